The van der Waals surface area contributed by atoms with E-state index < -0.39 is 13.9 Å². The Morgan fingerprint density at radius 1 is 0.508 bits per heavy atom. The Morgan fingerprint density at radius 2 is 0.921 bits per heavy atom. The highest BCUT2D eigenvalue weighted by Crippen LogP contribution is 2.43. The Morgan fingerprint density at radius 3 is 1.38 bits per heavy atom. The van der Waals surface area contributed by atoms with Crippen LogP contribution in [0.4, 0.5) is 0 Å². The van der Waals surface area contributed by atoms with Gasteiger partial charge in [0.05, 0.1) is 34.4 Å². The Labute approximate surface area is 390 Å². The number of unbranched alkanes of at least 4 members (excludes halogenated alkanes) is 24. The van der Waals surface area contributed by atoms with Crippen LogP contribution in [0.15, 0.2) is 60.8 Å². The monoisotopic (exact) mass is 907 g/mol. The van der Waals surface area contributed by atoms with Crippen molar-refractivity contribution in [2.24, 2.45) is 0 Å². The van der Waals surface area contributed by atoms with Crippen molar-refractivity contribution in [2.75, 3.05) is 54.1 Å². The van der Waals surface area contributed by atoms with Crippen LogP contribution in [-0.4, -0.2) is 75.6 Å². The molecule has 0 radical (unpaired) electrons. The molecule has 0 aromatic rings. The van der Waals surface area contributed by atoms with Gasteiger partial charge in [0.1, 0.15) is 19.3 Å². The second-order valence-corrected chi connectivity index (χ2v) is 20.0. The number of carbonyl (C=O) groups excluding carboxylic acids is 1. The van der Waals surface area contributed by atoms with Gasteiger partial charge >= 0.3 is 13.8 Å². The molecular formula is C54H101NO7P+. The van der Waals surface area contributed by atoms with Crippen molar-refractivity contribution in [2.45, 2.75) is 225 Å². The van der Waals surface area contributed by atoms with E-state index in [-0.39, 0.29) is 25.8 Å². The highest BCUT2D eigenvalue weighted by molar-refractivity contribution is 7.47. The fourth-order valence-corrected chi connectivity index (χ4v) is 7.85. The second kappa shape index (κ2) is 46.7. The highest BCUT2D eigenvalue weighted by atomic mass is 31.2. The van der Waals surface area contributed by atoms with Crippen LogP contribution in [0.3, 0.4) is 0 Å². The molecule has 368 valence electrons. The summed E-state index contributed by atoms with van der Waals surface area (Å²) >= 11 is 0. The predicted molar refractivity (Wildman–Crippen MR) is 270 cm³/mol. The molecule has 0 spiro atoms. The average molecular weight is 907 g/mol. The lowest BCUT2D eigenvalue weighted by molar-refractivity contribution is -0.870. The van der Waals surface area contributed by atoms with Crippen LogP contribution in [0.2, 0.25) is 0 Å². The summed E-state index contributed by atoms with van der Waals surface area (Å²) in [6, 6.07) is 0. The molecule has 0 fully saturated rings. The van der Waals surface area contributed by atoms with E-state index >= 15 is 0 Å². The van der Waals surface area contributed by atoms with Crippen LogP contribution in [0.5, 0.6) is 0 Å². The quantitative estimate of drug-likeness (QED) is 0.0214. The third-order valence-electron chi connectivity index (χ3n) is 11.1. The Bertz CT molecular complexity index is 1190. The van der Waals surface area contributed by atoms with Crippen molar-refractivity contribution in [1.29, 1.82) is 0 Å². The van der Waals surface area contributed by atoms with Gasteiger partial charge in [-0.1, -0.05) is 216 Å². The summed E-state index contributed by atoms with van der Waals surface area (Å²) < 4.78 is 35.2. The van der Waals surface area contributed by atoms with E-state index in [2.05, 4.69) is 74.6 Å². The molecular weight excluding hydrogens is 806 g/mol. The molecule has 0 amide bonds. The van der Waals surface area contributed by atoms with Gasteiger partial charge in [0.15, 0.2) is 0 Å². The first-order valence-corrected chi connectivity index (χ1v) is 27.5. The molecule has 0 aliphatic rings. The third kappa shape index (κ3) is 51.1. The molecule has 63 heavy (non-hydrogen) atoms. The van der Waals surface area contributed by atoms with Crippen LogP contribution in [-0.2, 0) is 27.9 Å². The van der Waals surface area contributed by atoms with Crippen LogP contribution in [0.25, 0.3) is 0 Å². The van der Waals surface area contributed by atoms with Gasteiger partial charge in [-0.25, -0.2) is 4.57 Å². The number of phosphoric ester groups is 1. The maximum absolute atomic E-state index is 12.8. The summed E-state index contributed by atoms with van der Waals surface area (Å²) in [6.07, 6.45) is 59.8. The van der Waals surface area contributed by atoms with E-state index in [1.807, 2.05) is 21.1 Å². The van der Waals surface area contributed by atoms with Gasteiger partial charge in [-0.2, -0.15) is 0 Å². The van der Waals surface area contributed by atoms with Crippen molar-refractivity contribution in [3.05, 3.63) is 60.8 Å². The number of ether oxygens (including phenoxy) is 2. The Balaban J connectivity index is 4.17. The van der Waals surface area contributed by atoms with Gasteiger partial charge in [0.2, 0.25) is 0 Å². The minimum Gasteiger partial charge on any atom is -0.457 e. The molecule has 2 atom stereocenters. The summed E-state index contributed by atoms with van der Waals surface area (Å²) in [5.41, 5.74) is 0. The third-order valence-corrected chi connectivity index (χ3v) is 12.1. The van der Waals surface area contributed by atoms with Gasteiger partial charge in [0.25, 0.3) is 0 Å². The lowest BCUT2D eigenvalue weighted by Crippen LogP contribution is -2.37. The maximum Gasteiger partial charge on any atom is 0.472 e. The zero-order chi connectivity index (χ0) is 46.2. The number of hydrogen-bond acceptors (Lipinski definition) is 6. The molecule has 0 bridgehead atoms. The minimum atomic E-state index is -4.29. The first kappa shape index (κ1) is 61.2. The first-order chi connectivity index (χ1) is 30.6. The zero-order valence-electron chi connectivity index (χ0n) is 41.8. The number of phosphoric acid groups is 1. The second-order valence-electron chi connectivity index (χ2n) is 18.5. The van der Waals surface area contributed by atoms with E-state index in [9.17, 15) is 14.3 Å². The number of rotatable bonds is 48. The predicted octanol–water partition coefficient (Wildman–Crippen LogP) is 16.1. The van der Waals surface area contributed by atoms with E-state index in [0.717, 1.165) is 83.5 Å². The maximum atomic E-state index is 12.8. The van der Waals surface area contributed by atoms with Gasteiger partial charge in [0, 0.05) is 13.0 Å². The minimum absolute atomic E-state index is 0.0833. The number of likely N-dealkylation sites (N-methyl/N-ethyl adjacent to an activating group) is 1. The highest BCUT2D eigenvalue weighted by Gasteiger charge is 2.26. The average Bonchev–Trinajstić information content (AvgIpc) is 3.24. The van der Waals surface area contributed by atoms with Gasteiger partial charge in [-0.15, -0.1) is 0 Å². The van der Waals surface area contributed by atoms with Crippen molar-refractivity contribution < 1.29 is 37.3 Å². The van der Waals surface area contributed by atoms with Crippen LogP contribution in [0, 0.1) is 0 Å². The van der Waals surface area contributed by atoms with Crippen molar-refractivity contribution in [3.63, 3.8) is 0 Å². The molecule has 9 heteroatoms. The summed E-state index contributed by atoms with van der Waals surface area (Å²) in [5.74, 6) is -0.330. The molecule has 0 heterocycles. The molecule has 1 N–H and O–H groups in total. The van der Waals surface area contributed by atoms with Gasteiger partial charge < -0.3 is 18.9 Å². The number of hydrogen-bond donors (Lipinski definition) is 1. The molecule has 0 aromatic heterocycles. The fraction of sp³-hybridized carbons (Fsp3) is 0.796. The van der Waals surface area contributed by atoms with Crippen LogP contribution in [0.1, 0.15) is 219 Å². The molecule has 0 aliphatic heterocycles. The summed E-state index contributed by atoms with van der Waals surface area (Å²) in [4.78, 5) is 23.0. The smallest absolute Gasteiger partial charge is 0.457 e. The molecule has 0 saturated heterocycles. The fourth-order valence-electron chi connectivity index (χ4n) is 7.11. The van der Waals surface area contributed by atoms with Crippen molar-refractivity contribution >= 4 is 13.8 Å². The zero-order valence-corrected chi connectivity index (χ0v) is 42.7. The molecule has 8 nitrogen and oxygen atoms in total. The topological polar surface area (TPSA) is 91.3 Å². The number of allylic oxidation sites excluding steroid dienone is 10. The summed E-state index contributed by atoms with van der Waals surface area (Å²) in [5, 5.41) is 0. The standard InChI is InChI=1S/C54H100NO7P/c1-6-8-10-12-14-16-18-20-22-24-26-28-29-31-33-35-37-39-41-43-45-47-54(56)62-53(52-61-63(57,58)60-50-48-55(3,4)5)51-59-49-46-44-42-40-38-36-34-32-30-27-25-23-21-19-17-15-13-11-9-7-2/h8,10,14,16,20,22,26,28,31,33,53H,6-7,9,11-13,15,17-19,21,23-25,27,29-30,32,34-52H2,1-5H3/p+1/b10-8-,16-14-,22-20-,28-26-,33-31-. The summed E-state index contributed by atoms with van der Waals surface area (Å²) in [6.45, 7) is 5.51. The van der Waals surface area contributed by atoms with E-state index in [1.54, 1.807) is 0 Å². The lowest BCUT2D eigenvalue weighted by Gasteiger charge is -2.24. The molecule has 0 rings (SSSR count). The van der Waals surface area contributed by atoms with E-state index in [0.29, 0.717) is 24.1 Å². The number of quaternary nitrogens is 1. The lowest BCUT2D eigenvalue weighted by atomic mass is 10.0. The SMILES string of the molecule is CC/C=C\C/C=C\C/C=C\C/C=C\C/C=C\CCCCCCCC(=O)OC(COCCCCCCCCCCCCCCCCCCCCCC)COP(=O)(O)OCC[N+](C)(C)C. The van der Waals surface area contributed by atoms with Gasteiger partial charge in [-0.3, -0.25) is 13.8 Å². The first-order valence-electron chi connectivity index (χ1n) is 26.0. The number of esters is 1. The van der Waals surface area contributed by atoms with E-state index in [4.69, 9.17) is 18.5 Å². The number of nitrogens with zero attached hydrogens (tertiary/aromatic N) is 1. The largest absolute Gasteiger partial charge is 0.472 e. The van der Waals surface area contributed by atoms with Crippen molar-refractivity contribution in [1.82, 2.24) is 0 Å². The summed E-state index contributed by atoms with van der Waals surface area (Å²) in [7, 11) is 1.65. The Kier molecular flexibility index (Phi) is 45.4. The molecule has 0 aliphatic carbocycles. The molecule has 0 saturated carbocycles. The molecule has 2 unspecified atom stereocenters. The van der Waals surface area contributed by atoms with Crippen LogP contribution < -0.4 is 0 Å². The Hall–Kier alpha value is -1.80. The van der Waals surface area contributed by atoms with Crippen LogP contribution >= 0.6 is 7.82 Å². The normalized spacial score (nSPS) is 14.1. The molecule has 0 aromatic carbocycles. The number of carbonyl (C=O) groups is 1. The van der Waals surface area contributed by atoms with Gasteiger partial charge in [-0.05, 0) is 57.8 Å². The van der Waals surface area contributed by atoms with Crippen molar-refractivity contribution in [3.8, 4) is 0 Å². The van der Waals surface area contributed by atoms with E-state index in [1.165, 1.54) is 116 Å².